The highest BCUT2D eigenvalue weighted by Gasteiger charge is 2.29. The van der Waals surface area contributed by atoms with E-state index in [9.17, 15) is 9.90 Å². The molecule has 3 heteroatoms. The van der Waals surface area contributed by atoms with Crippen LogP contribution in [-0.4, -0.2) is 17.7 Å². The number of rotatable bonds is 7. The zero-order chi connectivity index (χ0) is 19.9. The standard InChI is InChI=1S/C25H36O3/c1-18(2)25(27)28-17-24-16-23(13-12-22(24)14-15-26)21-10-8-20(9-11-21)19-6-4-3-5-7-19/h12-13,16,19-21,26H,1,3-11,14-15,17H2,2H3. The molecule has 154 valence electrons. The van der Waals surface area contributed by atoms with E-state index >= 15 is 0 Å². The van der Waals surface area contributed by atoms with Crippen molar-refractivity contribution in [3.05, 3.63) is 47.0 Å². The van der Waals surface area contributed by atoms with Crippen LogP contribution in [0.1, 0.15) is 87.3 Å². The van der Waals surface area contributed by atoms with Crippen LogP contribution in [-0.2, 0) is 22.6 Å². The molecule has 0 aliphatic heterocycles. The molecule has 3 rings (SSSR count). The molecule has 3 nitrogen and oxygen atoms in total. The van der Waals surface area contributed by atoms with Crippen molar-refractivity contribution < 1.29 is 14.6 Å². The van der Waals surface area contributed by atoms with Crippen molar-refractivity contribution in [2.45, 2.75) is 83.7 Å². The van der Waals surface area contributed by atoms with Gasteiger partial charge in [0.05, 0.1) is 0 Å². The summed E-state index contributed by atoms with van der Waals surface area (Å²) in [5.74, 6) is 2.16. The molecule has 0 heterocycles. The average molecular weight is 385 g/mol. The zero-order valence-electron chi connectivity index (χ0n) is 17.4. The van der Waals surface area contributed by atoms with E-state index in [1.807, 2.05) is 0 Å². The summed E-state index contributed by atoms with van der Waals surface area (Å²) in [7, 11) is 0. The molecule has 0 unspecified atom stereocenters. The van der Waals surface area contributed by atoms with E-state index in [1.54, 1.807) is 6.92 Å². The number of carbonyl (C=O) groups is 1. The van der Waals surface area contributed by atoms with Crippen molar-refractivity contribution in [2.75, 3.05) is 6.61 Å². The Balaban J connectivity index is 1.64. The summed E-state index contributed by atoms with van der Waals surface area (Å²) in [6.07, 6.45) is 13.0. The van der Waals surface area contributed by atoms with Gasteiger partial charge >= 0.3 is 5.97 Å². The highest BCUT2D eigenvalue weighted by molar-refractivity contribution is 5.86. The maximum absolute atomic E-state index is 11.8. The minimum absolute atomic E-state index is 0.104. The first kappa shape index (κ1) is 21.1. The van der Waals surface area contributed by atoms with Crippen LogP contribution in [0.15, 0.2) is 30.4 Å². The van der Waals surface area contributed by atoms with E-state index in [0.29, 0.717) is 17.9 Å². The molecule has 0 spiro atoms. The van der Waals surface area contributed by atoms with Crippen LogP contribution in [0.2, 0.25) is 0 Å². The first-order chi connectivity index (χ1) is 13.6. The normalized spacial score (nSPS) is 23.4. The molecule has 0 saturated heterocycles. The fraction of sp³-hybridized carbons (Fsp3) is 0.640. The molecule has 0 bridgehead atoms. The van der Waals surface area contributed by atoms with Gasteiger partial charge in [-0.05, 0) is 73.5 Å². The third-order valence-electron chi connectivity index (χ3n) is 6.88. The summed E-state index contributed by atoms with van der Waals surface area (Å²) in [6, 6.07) is 6.55. The van der Waals surface area contributed by atoms with Crippen LogP contribution in [0.4, 0.5) is 0 Å². The van der Waals surface area contributed by atoms with Crippen molar-refractivity contribution in [3.63, 3.8) is 0 Å². The second-order valence-electron chi connectivity index (χ2n) is 8.87. The average Bonchev–Trinajstić information content (AvgIpc) is 2.73. The molecule has 0 radical (unpaired) electrons. The smallest absolute Gasteiger partial charge is 0.333 e. The fourth-order valence-electron chi connectivity index (χ4n) is 5.19. The molecule has 2 saturated carbocycles. The number of hydrogen-bond donors (Lipinski definition) is 1. The lowest BCUT2D eigenvalue weighted by Gasteiger charge is -2.36. The highest BCUT2D eigenvalue weighted by atomic mass is 16.5. The van der Waals surface area contributed by atoms with Crippen molar-refractivity contribution >= 4 is 5.97 Å². The van der Waals surface area contributed by atoms with Gasteiger partial charge in [0.1, 0.15) is 6.61 Å². The van der Waals surface area contributed by atoms with E-state index in [4.69, 9.17) is 4.74 Å². The van der Waals surface area contributed by atoms with Gasteiger partial charge in [-0.1, -0.05) is 56.9 Å². The summed E-state index contributed by atoms with van der Waals surface area (Å²) < 4.78 is 5.40. The van der Waals surface area contributed by atoms with Crippen LogP contribution >= 0.6 is 0 Å². The van der Waals surface area contributed by atoms with Crippen LogP contribution in [0.25, 0.3) is 0 Å². The van der Waals surface area contributed by atoms with Crippen LogP contribution in [0.5, 0.6) is 0 Å². The fourth-order valence-corrected chi connectivity index (χ4v) is 5.19. The van der Waals surface area contributed by atoms with Crippen LogP contribution in [0.3, 0.4) is 0 Å². The molecule has 0 amide bonds. The summed E-state index contributed by atoms with van der Waals surface area (Å²) in [5, 5.41) is 9.36. The Bertz CT molecular complexity index is 664. The third-order valence-corrected chi connectivity index (χ3v) is 6.88. The third kappa shape index (κ3) is 5.47. The zero-order valence-corrected chi connectivity index (χ0v) is 17.4. The Morgan fingerprint density at radius 2 is 1.71 bits per heavy atom. The van der Waals surface area contributed by atoms with Crippen molar-refractivity contribution in [1.82, 2.24) is 0 Å². The first-order valence-electron chi connectivity index (χ1n) is 11.1. The van der Waals surface area contributed by atoms with Gasteiger partial charge in [-0.15, -0.1) is 0 Å². The monoisotopic (exact) mass is 384 g/mol. The lowest BCUT2D eigenvalue weighted by Crippen LogP contribution is -2.23. The summed E-state index contributed by atoms with van der Waals surface area (Å²) >= 11 is 0. The molecule has 1 N–H and O–H groups in total. The second-order valence-corrected chi connectivity index (χ2v) is 8.87. The van der Waals surface area contributed by atoms with Gasteiger partial charge in [0.15, 0.2) is 0 Å². The predicted molar refractivity (Wildman–Crippen MR) is 113 cm³/mol. The molecule has 28 heavy (non-hydrogen) atoms. The van der Waals surface area contributed by atoms with Crippen molar-refractivity contribution in [2.24, 2.45) is 11.8 Å². The van der Waals surface area contributed by atoms with Gasteiger partial charge in [0.2, 0.25) is 0 Å². The van der Waals surface area contributed by atoms with E-state index in [0.717, 1.165) is 23.0 Å². The Hall–Kier alpha value is -1.61. The minimum atomic E-state index is -0.353. The molecule has 1 aromatic carbocycles. The van der Waals surface area contributed by atoms with Gasteiger partial charge < -0.3 is 9.84 Å². The number of benzene rings is 1. The Morgan fingerprint density at radius 1 is 1.04 bits per heavy atom. The molecule has 2 aliphatic rings. The predicted octanol–water partition coefficient (Wildman–Crippen LogP) is 5.69. The van der Waals surface area contributed by atoms with Gasteiger partial charge in [-0.2, -0.15) is 0 Å². The van der Waals surface area contributed by atoms with Crippen molar-refractivity contribution in [1.29, 1.82) is 0 Å². The summed E-state index contributed by atoms with van der Waals surface area (Å²) in [4.78, 5) is 11.8. The molecule has 0 aromatic heterocycles. The van der Waals surface area contributed by atoms with Gasteiger partial charge in [-0.25, -0.2) is 4.79 Å². The summed E-state index contributed by atoms with van der Waals surface area (Å²) in [5.41, 5.74) is 3.87. The molecule has 1 aromatic rings. The van der Waals surface area contributed by atoms with Gasteiger partial charge in [0, 0.05) is 12.2 Å². The Morgan fingerprint density at radius 3 is 2.36 bits per heavy atom. The maximum Gasteiger partial charge on any atom is 0.333 e. The Kier molecular flexibility index (Phi) is 7.73. The highest BCUT2D eigenvalue weighted by Crippen LogP contribution is 2.43. The lowest BCUT2D eigenvalue weighted by molar-refractivity contribution is -0.140. The number of carbonyl (C=O) groups excluding carboxylic acids is 1. The topological polar surface area (TPSA) is 46.5 Å². The van der Waals surface area contributed by atoms with Crippen molar-refractivity contribution in [3.8, 4) is 0 Å². The second kappa shape index (κ2) is 10.2. The SMILES string of the molecule is C=C(C)C(=O)OCc1cc(C2CCC(C3CCCCC3)CC2)ccc1CCO. The molecule has 0 atom stereocenters. The van der Waals surface area contributed by atoms with E-state index in [1.165, 1.54) is 63.4 Å². The molecular weight excluding hydrogens is 348 g/mol. The number of esters is 1. The number of hydrogen-bond acceptors (Lipinski definition) is 3. The van der Waals surface area contributed by atoms with E-state index in [-0.39, 0.29) is 19.2 Å². The molecule has 2 fully saturated rings. The van der Waals surface area contributed by atoms with E-state index in [2.05, 4.69) is 24.8 Å². The first-order valence-corrected chi connectivity index (χ1v) is 11.1. The number of aliphatic hydroxyl groups is 1. The minimum Gasteiger partial charge on any atom is -0.457 e. The van der Waals surface area contributed by atoms with Crippen LogP contribution in [0, 0.1) is 11.8 Å². The number of ether oxygens (including phenoxy) is 1. The maximum atomic E-state index is 11.8. The lowest BCUT2D eigenvalue weighted by atomic mass is 9.70. The van der Waals surface area contributed by atoms with E-state index < -0.39 is 0 Å². The summed E-state index contributed by atoms with van der Waals surface area (Å²) in [6.45, 7) is 5.67. The van der Waals surface area contributed by atoms with Crippen LogP contribution < -0.4 is 0 Å². The van der Waals surface area contributed by atoms with Gasteiger partial charge in [-0.3, -0.25) is 0 Å². The molecule has 2 aliphatic carbocycles. The molecular formula is C25H36O3. The number of aliphatic hydroxyl groups excluding tert-OH is 1. The van der Waals surface area contributed by atoms with Gasteiger partial charge in [0.25, 0.3) is 0 Å². The largest absolute Gasteiger partial charge is 0.457 e. The quantitative estimate of drug-likeness (QED) is 0.485. The Labute approximate surface area is 170 Å².